The van der Waals surface area contributed by atoms with Crippen molar-refractivity contribution in [3.8, 4) is 0 Å². The molecule has 2 aliphatic rings. The Bertz CT molecular complexity index is 1490. The summed E-state index contributed by atoms with van der Waals surface area (Å²) in [6.07, 6.45) is 1.38. The van der Waals surface area contributed by atoms with Crippen LogP contribution in [0.25, 0.3) is 0 Å². The van der Waals surface area contributed by atoms with E-state index in [0.29, 0.717) is 11.1 Å². The summed E-state index contributed by atoms with van der Waals surface area (Å²) in [7, 11) is -4.54. The molecule has 2 aliphatic heterocycles. The highest BCUT2D eigenvalue weighted by atomic mass is 32.2. The fourth-order valence-electron chi connectivity index (χ4n) is 3.74. The van der Waals surface area contributed by atoms with Crippen LogP contribution in [0.15, 0.2) is 64.1 Å². The number of benzene rings is 2. The first-order valence-corrected chi connectivity index (χ1v) is 13.6. The van der Waals surface area contributed by atoms with Gasteiger partial charge < -0.3 is 4.74 Å². The van der Waals surface area contributed by atoms with Crippen LogP contribution in [0, 0.1) is 20.2 Å². The Labute approximate surface area is 225 Å². The zero-order valence-corrected chi connectivity index (χ0v) is 21.8. The number of fused-ring (bicyclic) bond motifs is 1. The number of rotatable bonds is 10. The van der Waals surface area contributed by atoms with E-state index in [2.05, 4.69) is 4.99 Å². The maximum atomic E-state index is 13.3. The van der Waals surface area contributed by atoms with Crippen molar-refractivity contribution in [3.05, 3.63) is 90.5 Å². The molecule has 16 heteroatoms. The molecule has 2 heterocycles. The van der Waals surface area contributed by atoms with Gasteiger partial charge in [-0.05, 0) is 35.4 Å². The molecule has 0 spiro atoms. The van der Waals surface area contributed by atoms with Crippen LogP contribution in [0.4, 0.5) is 11.4 Å². The van der Waals surface area contributed by atoms with Crippen LogP contribution >= 0.6 is 11.8 Å². The Morgan fingerprint density at radius 3 is 2.23 bits per heavy atom. The number of carbonyl (C=O) groups excluding carboxylic acids is 2. The van der Waals surface area contributed by atoms with Gasteiger partial charge in [-0.15, -0.1) is 11.8 Å². The van der Waals surface area contributed by atoms with Gasteiger partial charge in [0, 0.05) is 48.7 Å². The quantitative estimate of drug-likeness (QED) is 0.101. The fourth-order valence-corrected chi connectivity index (χ4v) is 6.55. The average Bonchev–Trinajstić information content (AvgIpc) is 2.90. The van der Waals surface area contributed by atoms with Gasteiger partial charge in [0.05, 0.1) is 16.5 Å². The number of nitro groups is 2. The van der Waals surface area contributed by atoms with Gasteiger partial charge in [0.1, 0.15) is 12.0 Å². The van der Waals surface area contributed by atoms with Crippen molar-refractivity contribution in [2.24, 2.45) is 4.99 Å². The lowest BCUT2D eigenvalue weighted by atomic mass is 10.1. The molecule has 2 aromatic carbocycles. The van der Waals surface area contributed by atoms with E-state index in [1.807, 2.05) is 0 Å². The zero-order chi connectivity index (χ0) is 28.3. The third-order valence-electron chi connectivity index (χ3n) is 5.67. The lowest BCUT2D eigenvalue weighted by molar-refractivity contribution is -0.385. The van der Waals surface area contributed by atoms with E-state index in [-0.39, 0.29) is 29.3 Å². The van der Waals surface area contributed by atoms with Crippen molar-refractivity contribution in [1.29, 1.82) is 0 Å². The SMILES string of the molecule is CC(=O)OCC1=C(S(=O)(=O)OCc2ccc([N+](=O)[O-])cc2)N2C(=O)[C@H](N=Cc3ccc([N+](=O)[O-])cc3)[C@H]2SC1. The van der Waals surface area contributed by atoms with E-state index in [0.717, 1.165) is 11.8 Å². The number of aliphatic imine (C=N–C) groups is 1. The summed E-state index contributed by atoms with van der Waals surface area (Å²) in [6.45, 7) is 0.341. The Morgan fingerprint density at radius 1 is 1.08 bits per heavy atom. The number of hydrogen-bond acceptors (Lipinski definition) is 12. The van der Waals surface area contributed by atoms with E-state index in [1.165, 1.54) is 66.5 Å². The van der Waals surface area contributed by atoms with Crippen molar-refractivity contribution in [3.63, 3.8) is 0 Å². The summed E-state index contributed by atoms with van der Waals surface area (Å²) in [6, 6.07) is 9.71. The number of carbonyl (C=O) groups is 2. The van der Waals surface area contributed by atoms with Crippen LogP contribution in [0.2, 0.25) is 0 Å². The number of hydrogen-bond donors (Lipinski definition) is 0. The largest absolute Gasteiger partial charge is 0.461 e. The normalized spacial score (nSPS) is 19.0. The Kier molecular flexibility index (Phi) is 8.08. The molecule has 0 bridgehead atoms. The number of nitro benzene ring substituents is 2. The van der Waals surface area contributed by atoms with Gasteiger partial charge in [-0.3, -0.25) is 43.9 Å². The molecule has 0 saturated carbocycles. The number of amides is 1. The molecule has 0 radical (unpaired) electrons. The predicted molar refractivity (Wildman–Crippen MR) is 138 cm³/mol. The minimum Gasteiger partial charge on any atom is -0.461 e. The molecule has 4 rings (SSSR count). The first-order chi connectivity index (χ1) is 18.5. The molecule has 1 saturated heterocycles. The van der Waals surface area contributed by atoms with E-state index >= 15 is 0 Å². The lowest BCUT2D eigenvalue weighted by Crippen LogP contribution is -2.64. The van der Waals surface area contributed by atoms with Gasteiger partial charge in [0.2, 0.25) is 0 Å². The molecular weight excluding hydrogens is 556 g/mol. The smallest absolute Gasteiger partial charge is 0.313 e. The molecule has 0 aliphatic carbocycles. The van der Waals surface area contributed by atoms with Crippen molar-refractivity contribution < 1.29 is 36.8 Å². The van der Waals surface area contributed by atoms with Gasteiger partial charge in [0.25, 0.3) is 17.3 Å². The third kappa shape index (κ3) is 6.13. The third-order valence-corrected chi connectivity index (χ3v) is 8.38. The molecule has 39 heavy (non-hydrogen) atoms. The Morgan fingerprint density at radius 2 is 1.67 bits per heavy atom. The Hall–Kier alpha value is -4.15. The minimum atomic E-state index is -4.54. The molecule has 0 unspecified atom stereocenters. The minimum absolute atomic E-state index is 0.102. The van der Waals surface area contributed by atoms with Crippen molar-refractivity contribution in [1.82, 2.24) is 4.90 Å². The number of nitrogens with zero attached hydrogens (tertiary/aromatic N) is 4. The molecular formula is C23H20N4O10S2. The summed E-state index contributed by atoms with van der Waals surface area (Å²) in [5.74, 6) is -1.15. The van der Waals surface area contributed by atoms with Crippen LogP contribution in [-0.2, 0) is 35.2 Å². The second-order valence-electron chi connectivity index (χ2n) is 8.31. The molecule has 2 atom stereocenters. The Balaban J connectivity index is 1.55. The van der Waals surface area contributed by atoms with Gasteiger partial charge in [-0.25, -0.2) is 0 Å². The topological polar surface area (TPSA) is 189 Å². The van der Waals surface area contributed by atoms with Crippen LogP contribution in [0.5, 0.6) is 0 Å². The second-order valence-corrected chi connectivity index (χ2v) is 10.9. The highest BCUT2D eigenvalue weighted by Crippen LogP contribution is 2.44. The predicted octanol–water partition coefficient (Wildman–Crippen LogP) is 2.53. The number of β-lactam (4-membered cyclic amide) rings is 1. The van der Waals surface area contributed by atoms with Crippen molar-refractivity contribution in [2.75, 3.05) is 12.4 Å². The second kappa shape index (κ2) is 11.3. The number of esters is 1. The summed E-state index contributed by atoms with van der Waals surface area (Å²) in [5.41, 5.74) is 0.731. The zero-order valence-electron chi connectivity index (χ0n) is 20.2. The molecule has 0 aromatic heterocycles. The molecule has 1 amide bonds. The molecule has 1 fully saturated rings. The summed E-state index contributed by atoms with van der Waals surface area (Å²) >= 11 is 1.23. The summed E-state index contributed by atoms with van der Waals surface area (Å²) in [5, 5.41) is 20.6. The van der Waals surface area contributed by atoms with Gasteiger partial charge in [0.15, 0.2) is 11.1 Å². The molecule has 0 N–H and O–H groups in total. The van der Waals surface area contributed by atoms with Crippen molar-refractivity contribution >= 4 is 51.3 Å². The van der Waals surface area contributed by atoms with E-state index in [1.54, 1.807) is 0 Å². The van der Waals surface area contributed by atoms with Crippen molar-refractivity contribution in [2.45, 2.75) is 24.9 Å². The average molecular weight is 577 g/mol. The first kappa shape index (κ1) is 27.9. The number of thioether (sulfide) groups is 1. The first-order valence-electron chi connectivity index (χ1n) is 11.2. The van der Waals surface area contributed by atoms with Crippen LogP contribution in [0.1, 0.15) is 18.1 Å². The van der Waals surface area contributed by atoms with Gasteiger partial charge in [-0.2, -0.15) is 8.42 Å². The van der Waals surface area contributed by atoms with Crippen LogP contribution in [-0.4, -0.2) is 65.0 Å². The van der Waals surface area contributed by atoms with E-state index < -0.39 is 54.9 Å². The monoisotopic (exact) mass is 576 g/mol. The molecule has 14 nitrogen and oxygen atoms in total. The highest BCUT2D eigenvalue weighted by molar-refractivity contribution is 8.00. The number of ether oxygens (including phenoxy) is 1. The van der Waals surface area contributed by atoms with E-state index in [9.17, 15) is 38.2 Å². The highest BCUT2D eigenvalue weighted by Gasteiger charge is 2.55. The lowest BCUT2D eigenvalue weighted by Gasteiger charge is -2.48. The summed E-state index contributed by atoms with van der Waals surface area (Å²) in [4.78, 5) is 50.3. The maximum absolute atomic E-state index is 13.3. The molecule has 2 aromatic rings. The number of non-ortho nitro benzene ring substituents is 2. The maximum Gasteiger partial charge on any atom is 0.313 e. The fraction of sp³-hybridized carbons (Fsp3) is 0.261. The summed E-state index contributed by atoms with van der Waals surface area (Å²) < 4.78 is 36.7. The van der Waals surface area contributed by atoms with Gasteiger partial charge >= 0.3 is 16.1 Å². The van der Waals surface area contributed by atoms with Crippen LogP contribution in [0.3, 0.4) is 0 Å². The van der Waals surface area contributed by atoms with E-state index in [4.69, 9.17) is 8.92 Å². The standard InChI is InChI=1S/C23H20N4O10S2/c1-14(28)36-12-17-13-38-22-20(24-10-15-2-6-18(7-3-15)26(30)31)21(29)25(22)23(17)39(34,35)37-11-16-4-8-19(9-5-16)27(32)33/h2-10,20,22H,11-13H2,1H3/t20-,22+/m0/s1. The van der Waals surface area contributed by atoms with Gasteiger partial charge in [-0.1, -0.05) is 0 Å². The van der Waals surface area contributed by atoms with Crippen LogP contribution < -0.4 is 0 Å². The molecule has 204 valence electrons.